The van der Waals surface area contributed by atoms with E-state index in [0.29, 0.717) is 48.4 Å². The molecule has 5 rings (SSSR count). The zero-order valence-electron chi connectivity index (χ0n) is 16.7. The van der Waals surface area contributed by atoms with E-state index in [9.17, 15) is 4.79 Å². The average Bonchev–Trinajstić information content (AvgIpc) is 3.29. The minimum absolute atomic E-state index is 0.0799. The second-order valence-electron chi connectivity index (χ2n) is 7.98. The molecular weight excluding hydrogens is 418 g/mol. The number of allylic oxidation sites excluding steroid dienone is 4. The maximum atomic E-state index is 12.2. The number of piperidine rings is 1. The molecule has 0 bridgehead atoms. The molecule has 4 heterocycles. The van der Waals surface area contributed by atoms with Crippen LogP contribution in [0.5, 0.6) is 5.88 Å². The Morgan fingerprint density at radius 1 is 1.29 bits per heavy atom. The van der Waals surface area contributed by atoms with Gasteiger partial charge in [-0.2, -0.15) is 4.98 Å². The highest BCUT2D eigenvalue weighted by Crippen LogP contribution is 2.46. The Kier molecular flexibility index (Phi) is 4.60. The summed E-state index contributed by atoms with van der Waals surface area (Å²) in [7, 11) is 0. The van der Waals surface area contributed by atoms with Gasteiger partial charge < -0.3 is 26.8 Å². The van der Waals surface area contributed by atoms with Gasteiger partial charge in [-0.3, -0.25) is 4.79 Å². The van der Waals surface area contributed by atoms with Crippen molar-refractivity contribution in [1.29, 1.82) is 0 Å². The smallest absolute Gasteiger partial charge is 0.267 e. The average molecular weight is 440 g/mol. The fraction of sp³-hybridized carbons (Fsp3) is 0.333. The van der Waals surface area contributed by atoms with Gasteiger partial charge in [-0.25, -0.2) is 9.97 Å². The minimum Gasteiger partial charge on any atom is -0.469 e. The third-order valence-electron chi connectivity index (χ3n) is 6.26. The van der Waals surface area contributed by atoms with Crippen molar-refractivity contribution in [2.24, 2.45) is 11.5 Å². The molecule has 1 fully saturated rings. The molecule has 1 saturated heterocycles. The predicted octanol–water partition coefficient (Wildman–Crippen LogP) is 1.76. The van der Waals surface area contributed by atoms with Crippen LogP contribution in [-0.4, -0.2) is 39.5 Å². The number of fused-ring (bicyclic) bond motifs is 1. The normalized spacial score (nSPS) is 23.5. The second kappa shape index (κ2) is 7.21. The van der Waals surface area contributed by atoms with Gasteiger partial charge in [0.15, 0.2) is 0 Å². The summed E-state index contributed by atoms with van der Waals surface area (Å²) in [6, 6.07) is 3.56. The molecule has 1 unspecified atom stereocenters. The molecule has 0 radical (unpaired) electrons. The largest absolute Gasteiger partial charge is 0.469 e. The molecule has 0 aromatic carbocycles. The van der Waals surface area contributed by atoms with Crippen LogP contribution in [0, 0.1) is 0 Å². The minimum atomic E-state index is -0.675. The van der Waals surface area contributed by atoms with Crippen LogP contribution in [0.25, 0.3) is 0 Å². The zero-order chi connectivity index (χ0) is 21.8. The topological polar surface area (TPSA) is 146 Å². The van der Waals surface area contributed by atoms with Crippen molar-refractivity contribution >= 4 is 29.3 Å². The van der Waals surface area contributed by atoms with E-state index in [2.05, 4.69) is 15.0 Å². The number of carbonyl (C=O) groups is 1. The van der Waals surface area contributed by atoms with E-state index in [4.69, 9.17) is 33.5 Å². The van der Waals surface area contributed by atoms with Gasteiger partial charge in [-0.1, -0.05) is 29.8 Å². The molecule has 31 heavy (non-hydrogen) atoms. The lowest BCUT2D eigenvalue weighted by molar-refractivity contribution is 0.0396. The lowest BCUT2D eigenvalue weighted by Gasteiger charge is -2.40. The lowest BCUT2D eigenvalue weighted by atomic mass is 9.83. The van der Waals surface area contributed by atoms with E-state index in [-0.39, 0.29) is 23.5 Å². The monoisotopic (exact) mass is 439 g/mol. The number of hydrogen-bond donors (Lipinski definition) is 3. The fourth-order valence-electron chi connectivity index (χ4n) is 4.56. The highest BCUT2D eigenvalue weighted by Gasteiger charge is 2.49. The maximum absolute atomic E-state index is 12.2. The van der Waals surface area contributed by atoms with Crippen LogP contribution in [0.1, 0.15) is 46.4 Å². The van der Waals surface area contributed by atoms with Crippen molar-refractivity contribution in [3.63, 3.8) is 0 Å². The summed E-state index contributed by atoms with van der Waals surface area (Å²) in [6.07, 6.45) is 8.38. The Balaban J connectivity index is 1.41. The van der Waals surface area contributed by atoms with E-state index in [1.54, 1.807) is 18.3 Å². The number of ether oxygens (including phenoxy) is 1. The number of primary amides is 1. The molecule has 2 aliphatic heterocycles. The summed E-state index contributed by atoms with van der Waals surface area (Å²) in [5, 5.41) is 0.533. The van der Waals surface area contributed by atoms with Crippen molar-refractivity contribution < 1.29 is 9.53 Å². The summed E-state index contributed by atoms with van der Waals surface area (Å²) in [5.41, 5.74) is 19.3. The van der Waals surface area contributed by atoms with E-state index in [1.807, 2.05) is 23.1 Å². The molecule has 3 aliphatic rings. The van der Waals surface area contributed by atoms with E-state index >= 15 is 0 Å². The third kappa shape index (κ3) is 3.12. The Morgan fingerprint density at radius 3 is 2.71 bits per heavy atom. The summed E-state index contributed by atoms with van der Waals surface area (Å²) >= 11 is 6.27. The van der Waals surface area contributed by atoms with Crippen molar-refractivity contribution in [1.82, 2.24) is 15.0 Å². The van der Waals surface area contributed by atoms with Crippen molar-refractivity contribution in [3.05, 3.63) is 58.4 Å². The molecule has 10 heteroatoms. The number of hydrogen-bond acceptors (Lipinski definition) is 8. The van der Waals surface area contributed by atoms with Gasteiger partial charge >= 0.3 is 0 Å². The van der Waals surface area contributed by atoms with Crippen molar-refractivity contribution in [2.45, 2.75) is 30.4 Å². The second-order valence-corrected chi connectivity index (χ2v) is 8.42. The van der Waals surface area contributed by atoms with Crippen LogP contribution in [0.15, 0.2) is 41.6 Å². The van der Waals surface area contributed by atoms with Crippen LogP contribution in [-0.2, 0) is 0 Å². The number of rotatable bonds is 3. The predicted molar refractivity (Wildman–Crippen MR) is 117 cm³/mol. The summed E-state index contributed by atoms with van der Waals surface area (Å²) in [6.45, 7) is 1.17. The lowest BCUT2D eigenvalue weighted by Crippen LogP contribution is -2.52. The van der Waals surface area contributed by atoms with Crippen LogP contribution >= 0.6 is 11.6 Å². The van der Waals surface area contributed by atoms with Gasteiger partial charge in [-0.05, 0) is 12.1 Å². The van der Waals surface area contributed by atoms with E-state index < -0.39 is 11.5 Å². The molecule has 1 amide bonds. The number of nitrogen functional groups attached to an aromatic ring is 1. The SMILES string of the molecule is NC(=O)c1nc(N2CCC3(CC2)Oc2ncccc2[C@H]3N)nc(N)c1C1C=CC=C1Cl. The van der Waals surface area contributed by atoms with E-state index in [1.165, 1.54) is 0 Å². The number of anilines is 2. The van der Waals surface area contributed by atoms with Crippen LogP contribution < -0.4 is 26.8 Å². The third-order valence-corrected chi connectivity index (χ3v) is 6.62. The Labute approximate surface area is 183 Å². The standard InChI is InChI=1S/C21H22ClN7O2/c22-13-5-1-3-11(13)14-15(18(25)30)27-20(28-17(14)24)29-9-6-21(7-10-29)16(23)12-4-2-8-26-19(12)31-21/h1-5,8,11,16H,6-7,9-10,23H2,(H2,25,30)(H2,24,27,28)/t11?,16-/m1/s1. The fourth-order valence-corrected chi connectivity index (χ4v) is 4.82. The first-order chi connectivity index (χ1) is 14.9. The van der Waals surface area contributed by atoms with Gasteiger partial charge in [0.25, 0.3) is 5.91 Å². The molecule has 1 spiro atoms. The number of carbonyl (C=O) groups excluding carboxylic acids is 1. The first-order valence-electron chi connectivity index (χ1n) is 10.1. The molecule has 9 nitrogen and oxygen atoms in total. The first-order valence-corrected chi connectivity index (χ1v) is 10.4. The van der Waals surface area contributed by atoms with Crippen LogP contribution in [0.2, 0.25) is 0 Å². The summed E-state index contributed by atoms with van der Waals surface area (Å²) < 4.78 is 6.19. The Bertz CT molecular complexity index is 1120. The molecule has 160 valence electrons. The maximum Gasteiger partial charge on any atom is 0.267 e. The number of nitrogens with two attached hydrogens (primary N) is 3. The highest BCUT2D eigenvalue weighted by molar-refractivity contribution is 6.31. The quantitative estimate of drug-likeness (QED) is 0.655. The molecule has 2 aromatic rings. The van der Waals surface area contributed by atoms with Crippen LogP contribution in [0.3, 0.4) is 0 Å². The number of halogens is 1. The molecule has 2 aromatic heterocycles. The van der Waals surface area contributed by atoms with Crippen molar-refractivity contribution in [3.8, 4) is 5.88 Å². The van der Waals surface area contributed by atoms with Crippen LogP contribution in [0.4, 0.5) is 11.8 Å². The molecular formula is C21H22ClN7O2. The number of pyridine rings is 1. The van der Waals surface area contributed by atoms with Gasteiger partial charge in [0, 0.05) is 54.2 Å². The molecule has 2 atom stereocenters. The van der Waals surface area contributed by atoms with Gasteiger partial charge in [-0.15, -0.1) is 0 Å². The zero-order valence-corrected chi connectivity index (χ0v) is 17.4. The summed E-state index contributed by atoms with van der Waals surface area (Å²) in [5.74, 6) is 0.0886. The van der Waals surface area contributed by atoms with E-state index in [0.717, 1.165) is 5.56 Å². The number of nitrogens with zero attached hydrogens (tertiary/aromatic N) is 4. The van der Waals surface area contributed by atoms with Gasteiger partial charge in [0.05, 0.1) is 6.04 Å². The van der Waals surface area contributed by atoms with Gasteiger partial charge in [0.2, 0.25) is 11.8 Å². The highest BCUT2D eigenvalue weighted by atomic mass is 35.5. The summed E-state index contributed by atoms with van der Waals surface area (Å²) in [4.78, 5) is 27.4. The Hall–Kier alpha value is -3.17. The molecule has 6 N–H and O–H groups in total. The van der Waals surface area contributed by atoms with Crippen molar-refractivity contribution in [2.75, 3.05) is 23.7 Å². The molecule has 0 saturated carbocycles. The number of aromatic nitrogens is 3. The number of amides is 1. The molecule has 1 aliphatic carbocycles. The van der Waals surface area contributed by atoms with Gasteiger partial charge in [0.1, 0.15) is 17.1 Å². The Morgan fingerprint density at radius 2 is 2.06 bits per heavy atom. The first kappa shape index (κ1) is 19.8.